The minimum atomic E-state index is 0.799. The molecule has 1 aliphatic heterocycles. The first kappa shape index (κ1) is 20.8. The molecule has 1 aromatic heterocycles. The fourth-order valence-corrected chi connectivity index (χ4v) is 4.80. The molecule has 1 saturated heterocycles. The summed E-state index contributed by atoms with van der Waals surface area (Å²) in [7, 11) is 0. The highest BCUT2D eigenvalue weighted by atomic mass is 32.2. The van der Waals surface area contributed by atoms with Crippen molar-refractivity contribution >= 4 is 40.2 Å². The van der Waals surface area contributed by atoms with Crippen molar-refractivity contribution in [3.63, 3.8) is 0 Å². The Morgan fingerprint density at radius 2 is 1.53 bits per heavy atom. The summed E-state index contributed by atoms with van der Waals surface area (Å²) in [4.78, 5) is 13.1. The Morgan fingerprint density at radius 1 is 0.781 bits per heavy atom. The number of benzene rings is 3. The molecule has 3 aromatic carbocycles. The summed E-state index contributed by atoms with van der Waals surface area (Å²) in [5, 5.41) is 5.92. The van der Waals surface area contributed by atoms with Crippen LogP contribution >= 0.6 is 11.9 Å². The Balaban J connectivity index is 1.26. The van der Waals surface area contributed by atoms with Crippen molar-refractivity contribution < 1.29 is 0 Å². The Kier molecular flexibility index (Phi) is 5.97. The van der Waals surface area contributed by atoms with Crippen molar-refractivity contribution in [1.82, 2.24) is 14.3 Å². The largest absolute Gasteiger partial charge is 0.340 e. The number of nitrogens with one attached hydrogen (secondary N) is 1. The van der Waals surface area contributed by atoms with Crippen LogP contribution in [0.2, 0.25) is 0 Å². The molecule has 4 aromatic rings. The van der Waals surface area contributed by atoms with Gasteiger partial charge in [-0.1, -0.05) is 48.0 Å². The highest BCUT2D eigenvalue weighted by Gasteiger charge is 2.20. The Bertz CT molecular complexity index is 1220. The second-order valence-corrected chi connectivity index (χ2v) is 9.37. The number of fused-ring (bicyclic) bond motifs is 1. The maximum absolute atomic E-state index is 4.83. The zero-order valence-corrected chi connectivity index (χ0v) is 19.3. The van der Waals surface area contributed by atoms with Gasteiger partial charge in [0.05, 0.1) is 0 Å². The molecule has 0 radical (unpaired) electrons. The molecule has 32 heavy (non-hydrogen) atoms. The smallest absolute Gasteiger partial charge is 0.227 e. The molecule has 0 unspecified atom stereocenters. The van der Waals surface area contributed by atoms with Gasteiger partial charge in [0.2, 0.25) is 5.95 Å². The minimum absolute atomic E-state index is 0.799. The fraction of sp³-hybridized carbons (Fsp3) is 0.231. The van der Waals surface area contributed by atoms with Gasteiger partial charge in [0.15, 0.2) is 0 Å². The summed E-state index contributed by atoms with van der Waals surface area (Å²) in [6.07, 6.45) is 0. The molecule has 0 bridgehead atoms. The molecule has 6 heteroatoms. The van der Waals surface area contributed by atoms with E-state index in [1.54, 1.807) is 0 Å². The summed E-state index contributed by atoms with van der Waals surface area (Å²) >= 11 is 1.83. The number of anilines is 3. The van der Waals surface area contributed by atoms with Crippen LogP contribution < -0.4 is 10.2 Å². The monoisotopic (exact) mass is 441 g/mol. The molecule has 5 rings (SSSR count). The first-order valence-corrected chi connectivity index (χ1v) is 11.8. The molecule has 0 atom stereocenters. The van der Waals surface area contributed by atoms with Crippen molar-refractivity contribution in [2.24, 2.45) is 0 Å². The summed E-state index contributed by atoms with van der Waals surface area (Å²) < 4.78 is 2.42. The second kappa shape index (κ2) is 9.18. The number of nitrogens with zero attached hydrogens (tertiary/aromatic N) is 4. The SMILES string of the molecule is Cc1ccc(SN2CCN(c3nc(C)cc(Nc4ccc5ccccc5c4)n3)CC2)cc1. The number of piperazine rings is 1. The van der Waals surface area contributed by atoms with E-state index in [0.717, 1.165) is 49.3 Å². The van der Waals surface area contributed by atoms with Crippen molar-refractivity contribution in [3.05, 3.63) is 84.1 Å². The quantitative estimate of drug-likeness (QED) is 0.394. The first-order valence-electron chi connectivity index (χ1n) is 11.0. The molecule has 5 nitrogen and oxygen atoms in total. The van der Waals surface area contributed by atoms with Crippen molar-refractivity contribution in [3.8, 4) is 0 Å². The lowest BCUT2D eigenvalue weighted by atomic mass is 10.1. The average molecular weight is 442 g/mol. The van der Waals surface area contributed by atoms with Crippen LogP contribution in [0, 0.1) is 13.8 Å². The standard InChI is InChI=1S/C26H27N5S/c1-19-7-11-24(12-8-19)32-31-15-13-30(14-16-31)26-27-20(2)17-25(29-26)28-23-10-9-21-5-3-4-6-22(21)18-23/h3-12,17-18H,13-16H2,1-2H3,(H,27,28,29). The third-order valence-electron chi connectivity index (χ3n) is 5.64. The Labute approximate surface area is 193 Å². The highest BCUT2D eigenvalue weighted by molar-refractivity contribution is 7.97. The minimum Gasteiger partial charge on any atom is -0.340 e. The maximum Gasteiger partial charge on any atom is 0.227 e. The number of hydrogen-bond donors (Lipinski definition) is 1. The van der Waals surface area contributed by atoms with Crippen LogP contribution in [0.15, 0.2) is 77.7 Å². The van der Waals surface area contributed by atoms with E-state index in [2.05, 4.69) is 88.2 Å². The van der Waals surface area contributed by atoms with Gasteiger partial charge in [-0.25, -0.2) is 9.29 Å². The van der Waals surface area contributed by atoms with Gasteiger partial charge in [0, 0.05) is 48.5 Å². The van der Waals surface area contributed by atoms with Crippen LogP contribution in [0.1, 0.15) is 11.3 Å². The first-order chi connectivity index (χ1) is 15.6. The lowest BCUT2D eigenvalue weighted by Crippen LogP contribution is -2.44. The van der Waals surface area contributed by atoms with E-state index >= 15 is 0 Å². The van der Waals surface area contributed by atoms with E-state index in [1.165, 1.54) is 21.2 Å². The van der Waals surface area contributed by atoms with Gasteiger partial charge in [0.25, 0.3) is 0 Å². The third-order valence-corrected chi connectivity index (χ3v) is 6.75. The van der Waals surface area contributed by atoms with Gasteiger partial charge < -0.3 is 10.2 Å². The zero-order valence-electron chi connectivity index (χ0n) is 18.5. The van der Waals surface area contributed by atoms with Gasteiger partial charge >= 0.3 is 0 Å². The van der Waals surface area contributed by atoms with Crippen molar-refractivity contribution in [2.75, 3.05) is 36.4 Å². The average Bonchev–Trinajstić information content (AvgIpc) is 2.81. The Morgan fingerprint density at radius 3 is 2.31 bits per heavy atom. The molecule has 0 saturated carbocycles. The number of hydrogen-bond acceptors (Lipinski definition) is 6. The van der Waals surface area contributed by atoms with Crippen LogP contribution in [0.4, 0.5) is 17.5 Å². The molecule has 0 aliphatic carbocycles. The molecule has 1 N–H and O–H groups in total. The van der Waals surface area contributed by atoms with E-state index in [4.69, 9.17) is 9.97 Å². The van der Waals surface area contributed by atoms with E-state index in [-0.39, 0.29) is 0 Å². The molecule has 0 spiro atoms. The maximum atomic E-state index is 4.83. The predicted molar refractivity (Wildman–Crippen MR) is 135 cm³/mol. The summed E-state index contributed by atoms with van der Waals surface area (Å²) in [6.45, 7) is 7.93. The molecular weight excluding hydrogens is 414 g/mol. The van der Waals surface area contributed by atoms with Crippen molar-refractivity contribution in [1.29, 1.82) is 0 Å². The summed E-state index contributed by atoms with van der Waals surface area (Å²) in [6, 6.07) is 25.5. The highest BCUT2D eigenvalue weighted by Crippen LogP contribution is 2.26. The van der Waals surface area contributed by atoms with Crippen LogP contribution in [0.25, 0.3) is 10.8 Å². The van der Waals surface area contributed by atoms with Crippen LogP contribution in [-0.2, 0) is 0 Å². The van der Waals surface area contributed by atoms with Crippen LogP contribution in [-0.4, -0.2) is 40.5 Å². The van der Waals surface area contributed by atoms with Gasteiger partial charge in [-0.2, -0.15) is 4.98 Å². The van der Waals surface area contributed by atoms with Gasteiger partial charge in [0.1, 0.15) is 5.82 Å². The molecule has 1 aliphatic rings. The molecule has 1 fully saturated rings. The van der Waals surface area contributed by atoms with Crippen molar-refractivity contribution in [2.45, 2.75) is 18.7 Å². The predicted octanol–water partition coefficient (Wildman–Crippen LogP) is 5.82. The van der Waals surface area contributed by atoms with Gasteiger partial charge in [-0.3, -0.25) is 0 Å². The molecule has 0 amide bonds. The van der Waals surface area contributed by atoms with Gasteiger partial charge in [-0.15, -0.1) is 0 Å². The van der Waals surface area contributed by atoms with E-state index in [1.807, 2.05) is 24.9 Å². The fourth-order valence-electron chi connectivity index (χ4n) is 3.90. The van der Waals surface area contributed by atoms with E-state index < -0.39 is 0 Å². The third kappa shape index (κ3) is 4.87. The zero-order chi connectivity index (χ0) is 21.9. The van der Waals surface area contributed by atoms with Crippen LogP contribution in [0.5, 0.6) is 0 Å². The second-order valence-electron chi connectivity index (χ2n) is 8.20. The number of aromatic nitrogens is 2. The molecular formula is C26H27N5S. The summed E-state index contributed by atoms with van der Waals surface area (Å²) in [5.74, 6) is 1.63. The lowest BCUT2D eigenvalue weighted by molar-refractivity contribution is 0.426. The lowest BCUT2D eigenvalue weighted by Gasteiger charge is -2.34. The number of aryl methyl sites for hydroxylation is 2. The Hall–Kier alpha value is -3.09. The molecule has 162 valence electrons. The summed E-state index contributed by atoms with van der Waals surface area (Å²) in [5.41, 5.74) is 3.30. The topological polar surface area (TPSA) is 44.3 Å². The van der Waals surface area contributed by atoms with Gasteiger partial charge in [-0.05, 0) is 60.8 Å². The van der Waals surface area contributed by atoms with Crippen LogP contribution in [0.3, 0.4) is 0 Å². The number of rotatable bonds is 5. The van der Waals surface area contributed by atoms with E-state index in [9.17, 15) is 0 Å². The normalized spacial score (nSPS) is 14.6. The molecule has 2 heterocycles. The van der Waals surface area contributed by atoms with E-state index in [0.29, 0.717) is 0 Å².